The number of alkyl halides is 3. The molecule has 3 aromatic carbocycles. The topological polar surface area (TPSA) is 88.9 Å². The van der Waals surface area contributed by atoms with E-state index in [1.54, 1.807) is 18.2 Å². The number of carbonyl (C=O) groups is 1. The smallest absolute Gasteiger partial charge is 0.366 e. The van der Waals surface area contributed by atoms with Crippen LogP contribution >= 0.6 is 0 Å². The minimum atomic E-state index is -5.02. The van der Waals surface area contributed by atoms with Crippen molar-refractivity contribution in [1.82, 2.24) is 4.57 Å². The van der Waals surface area contributed by atoms with Gasteiger partial charge in [0.25, 0.3) is 5.56 Å². The lowest BCUT2D eigenvalue weighted by Crippen LogP contribution is -2.29. The van der Waals surface area contributed by atoms with Gasteiger partial charge in [-0.15, -0.1) is 0 Å². The van der Waals surface area contributed by atoms with Crippen LogP contribution in [0.25, 0.3) is 22.4 Å². The minimum Gasteiger partial charge on any atom is -0.366 e. The van der Waals surface area contributed by atoms with Crippen LogP contribution in [0.1, 0.15) is 27.0 Å². The molecule has 1 aromatic heterocycles. The molecule has 0 saturated heterocycles. The molecule has 0 aliphatic heterocycles. The molecule has 0 saturated carbocycles. The number of nitriles is 1. The van der Waals surface area contributed by atoms with Crippen molar-refractivity contribution < 1.29 is 26.7 Å². The maximum atomic E-state index is 14.4. The zero-order valence-electron chi connectivity index (χ0n) is 18.8. The van der Waals surface area contributed by atoms with Crippen LogP contribution in [0, 0.1) is 23.0 Å². The highest BCUT2D eigenvalue weighted by molar-refractivity contribution is 5.94. The van der Waals surface area contributed by atoms with Crippen LogP contribution in [0.2, 0.25) is 0 Å². The summed E-state index contributed by atoms with van der Waals surface area (Å²) in [5, 5.41) is 9.34. The molecule has 4 aromatic rings. The Hall–Kier alpha value is -4.78. The number of halogens is 5. The van der Waals surface area contributed by atoms with Crippen molar-refractivity contribution in [3.8, 4) is 28.5 Å². The van der Waals surface area contributed by atoms with Crippen molar-refractivity contribution in [3.63, 3.8) is 0 Å². The summed E-state index contributed by atoms with van der Waals surface area (Å²) < 4.78 is 70.0. The van der Waals surface area contributed by atoms with E-state index >= 15 is 0 Å². The first-order valence-corrected chi connectivity index (χ1v) is 10.7. The van der Waals surface area contributed by atoms with Gasteiger partial charge in [-0.3, -0.25) is 9.59 Å². The Bertz CT molecular complexity index is 1630. The van der Waals surface area contributed by atoms with E-state index in [4.69, 9.17) is 5.73 Å². The molecule has 186 valence electrons. The van der Waals surface area contributed by atoms with Gasteiger partial charge in [0.2, 0.25) is 5.91 Å². The van der Waals surface area contributed by atoms with Crippen LogP contribution < -0.4 is 11.3 Å². The Labute approximate surface area is 206 Å². The summed E-state index contributed by atoms with van der Waals surface area (Å²) in [6.45, 7) is -0.561. The summed E-state index contributed by atoms with van der Waals surface area (Å²) in [6, 6.07) is 16.9. The lowest BCUT2D eigenvalue weighted by molar-refractivity contribution is -0.137. The van der Waals surface area contributed by atoms with Crippen LogP contribution in [0.5, 0.6) is 0 Å². The highest BCUT2D eigenvalue weighted by atomic mass is 19.4. The second kappa shape index (κ2) is 9.70. The zero-order valence-corrected chi connectivity index (χ0v) is 18.8. The minimum absolute atomic E-state index is 0.150. The van der Waals surface area contributed by atoms with E-state index in [2.05, 4.69) is 0 Å². The Balaban J connectivity index is 1.97. The number of aromatic nitrogens is 1. The Morgan fingerprint density at radius 3 is 2.19 bits per heavy atom. The molecule has 2 N–H and O–H groups in total. The molecule has 0 atom stereocenters. The van der Waals surface area contributed by atoms with Crippen molar-refractivity contribution >= 4 is 5.91 Å². The van der Waals surface area contributed by atoms with E-state index in [0.29, 0.717) is 23.3 Å². The number of amides is 1. The fraction of sp³-hybridized carbons (Fsp3) is 0.0741. The standard InChI is InChI=1S/C27H16F5N3O2/c28-20-8-7-19(23(29)11-20)14-35-24(12-22(27(30,31)32)21(13-33)26(35)37)17-5-1-3-15(9-17)16-4-2-6-18(10-16)25(34)36/h1-12H,14H2,(H2,34,36). The van der Waals surface area contributed by atoms with E-state index in [0.717, 1.165) is 16.7 Å². The van der Waals surface area contributed by atoms with Gasteiger partial charge >= 0.3 is 6.18 Å². The molecular weight excluding hydrogens is 493 g/mol. The molecule has 0 aliphatic rings. The molecule has 0 fully saturated rings. The summed E-state index contributed by atoms with van der Waals surface area (Å²) in [6.07, 6.45) is -5.02. The average molecular weight is 509 g/mol. The van der Waals surface area contributed by atoms with Crippen molar-refractivity contribution in [2.75, 3.05) is 0 Å². The maximum Gasteiger partial charge on any atom is 0.417 e. The summed E-state index contributed by atoms with van der Waals surface area (Å²) in [7, 11) is 0. The number of nitrogens with zero attached hydrogens (tertiary/aromatic N) is 2. The number of pyridine rings is 1. The van der Waals surface area contributed by atoms with Crippen LogP contribution in [-0.2, 0) is 12.7 Å². The maximum absolute atomic E-state index is 14.4. The number of hydrogen-bond acceptors (Lipinski definition) is 3. The molecule has 10 heteroatoms. The Morgan fingerprint density at radius 1 is 0.919 bits per heavy atom. The Morgan fingerprint density at radius 2 is 1.57 bits per heavy atom. The van der Waals surface area contributed by atoms with Gasteiger partial charge in [0, 0.05) is 17.2 Å². The first-order chi connectivity index (χ1) is 17.5. The highest BCUT2D eigenvalue weighted by Crippen LogP contribution is 2.35. The quantitative estimate of drug-likeness (QED) is 0.361. The summed E-state index contributed by atoms with van der Waals surface area (Å²) >= 11 is 0. The predicted molar refractivity (Wildman–Crippen MR) is 125 cm³/mol. The van der Waals surface area contributed by atoms with Crippen LogP contribution in [-0.4, -0.2) is 10.5 Å². The molecule has 4 rings (SSSR count). The fourth-order valence-electron chi connectivity index (χ4n) is 3.90. The zero-order chi connectivity index (χ0) is 26.9. The molecule has 1 heterocycles. The van der Waals surface area contributed by atoms with Gasteiger partial charge < -0.3 is 10.3 Å². The van der Waals surface area contributed by atoms with Crippen LogP contribution in [0.3, 0.4) is 0 Å². The number of primary amides is 1. The molecule has 0 unspecified atom stereocenters. The molecule has 37 heavy (non-hydrogen) atoms. The van der Waals surface area contributed by atoms with Crippen LogP contribution in [0.4, 0.5) is 22.0 Å². The molecule has 5 nitrogen and oxygen atoms in total. The van der Waals surface area contributed by atoms with Crippen LogP contribution in [0.15, 0.2) is 77.6 Å². The van der Waals surface area contributed by atoms with Gasteiger partial charge in [-0.25, -0.2) is 8.78 Å². The summed E-state index contributed by atoms with van der Waals surface area (Å²) in [5.41, 5.74) is 2.44. The van der Waals surface area contributed by atoms with Crippen molar-refractivity contribution in [2.45, 2.75) is 12.7 Å². The van der Waals surface area contributed by atoms with Crippen molar-refractivity contribution in [1.29, 1.82) is 5.26 Å². The molecule has 0 bridgehead atoms. The van der Waals surface area contributed by atoms with E-state index in [1.165, 1.54) is 36.4 Å². The van der Waals surface area contributed by atoms with Gasteiger partial charge in [-0.05, 0) is 47.0 Å². The normalized spacial score (nSPS) is 11.2. The monoisotopic (exact) mass is 509 g/mol. The fourth-order valence-corrected chi connectivity index (χ4v) is 3.90. The summed E-state index contributed by atoms with van der Waals surface area (Å²) in [5.74, 6) is -2.55. The number of rotatable bonds is 5. The third-order valence-corrected chi connectivity index (χ3v) is 5.70. The number of benzene rings is 3. The molecule has 0 radical (unpaired) electrons. The lowest BCUT2D eigenvalue weighted by Gasteiger charge is -2.18. The van der Waals surface area contributed by atoms with E-state index in [-0.39, 0.29) is 22.4 Å². The van der Waals surface area contributed by atoms with Gasteiger partial charge in [0.1, 0.15) is 23.3 Å². The number of carbonyl (C=O) groups excluding carboxylic acids is 1. The lowest BCUT2D eigenvalue weighted by atomic mass is 9.98. The number of nitrogens with two attached hydrogens (primary N) is 1. The number of hydrogen-bond donors (Lipinski definition) is 1. The first-order valence-electron chi connectivity index (χ1n) is 10.7. The van der Waals surface area contributed by atoms with E-state index in [1.807, 2.05) is 0 Å². The first kappa shape index (κ1) is 25.3. The second-order valence-corrected chi connectivity index (χ2v) is 8.08. The van der Waals surface area contributed by atoms with Crippen molar-refractivity contribution in [2.24, 2.45) is 5.73 Å². The van der Waals surface area contributed by atoms with Gasteiger partial charge in [0.15, 0.2) is 0 Å². The molecule has 1 amide bonds. The summed E-state index contributed by atoms with van der Waals surface area (Å²) in [4.78, 5) is 24.7. The third-order valence-electron chi connectivity index (χ3n) is 5.70. The largest absolute Gasteiger partial charge is 0.417 e. The van der Waals surface area contributed by atoms with Gasteiger partial charge in [-0.1, -0.05) is 36.4 Å². The van der Waals surface area contributed by atoms with E-state index < -0.39 is 46.9 Å². The highest BCUT2D eigenvalue weighted by Gasteiger charge is 2.36. The van der Waals surface area contributed by atoms with E-state index in [9.17, 15) is 36.8 Å². The predicted octanol–water partition coefficient (Wildman–Crippen LogP) is 5.50. The molecule has 0 spiro atoms. The SMILES string of the molecule is N#Cc1c(C(F)(F)F)cc(-c2cccc(-c3cccc(C(N)=O)c3)c2)n(Cc2ccc(F)cc2F)c1=O. The van der Waals surface area contributed by atoms with Gasteiger partial charge in [0.05, 0.1) is 17.8 Å². The third kappa shape index (κ3) is 5.11. The van der Waals surface area contributed by atoms with Gasteiger partial charge in [-0.2, -0.15) is 18.4 Å². The molecular formula is C27H16F5N3O2. The van der Waals surface area contributed by atoms with Crippen molar-refractivity contribution in [3.05, 3.63) is 117 Å². The Kier molecular flexibility index (Phi) is 6.64. The average Bonchev–Trinajstić information content (AvgIpc) is 2.85. The second-order valence-electron chi connectivity index (χ2n) is 8.08. The molecule has 0 aliphatic carbocycles.